The van der Waals surface area contributed by atoms with Gasteiger partial charge in [0, 0.05) is 30.8 Å². The van der Waals surface area contributed by atoms with Crippen molar-refractivity contribution < 1.29 is 12.8 Å². The third kappa shape index (κ3) is 2.77. The zero-order valence-electron chi connectivity index (χ0n) is 13.4. The maximum Gasteiger partial charge on any atom is 0.243 e. The first-order valence-corrected chi connectivity index (χ1v) is 9.00. The van der Waals surface area contributed by atoms with Gasteiger partial charge in [0.1, 0.15) is 12.0 Å². The van der Waals surface area contributed by atoms with E-state index >= 15 is 0 Å². The van der Waals surface area contributed by atoms with Gasteiger partial charge in [-0.25, -0.2) is 23.4 Å². The summed E-state index contributed by atoms with van der Waals surface area (Å²) < 4.78 is 32.2. The highest BCUT2D eigenvalue weighted by molar-refractivity contribution is 7.89. The Morgan fingerprint density at radius 3 is 2.60 bits per heavy atom. The highest BCUT2D eigenvalue weighted by Crippen LogP contribution is 2.28. The number of oxazole rings is 1. The third-order valence-electron chi connectivity index (χ3n) is 4.05. The number of sulfonamides is 1. The molecule has 1 aliphatic rings. The molecule has 0 saturated carbocycles. The first-order chi connectivity index (χ1) is 11.9. The second kappa shape index (κ2) is 5.64. The van der Waals surface area contributed by atoms with Crippen molar-refractivity contribution in [2.24, 2.45) is 0 Å². The van der Waals surface area contributed by atoms with Gasteiger partial charge in [0.25, 0.3) is 0 Å². The fourth-order valence-corrected chi connectivity index (χ4v) is 4.13. The van der Waals surface area contributed by atoms with Crippen molar-refractivity contribution in [1.82, 2.24) is 19.3 Å². The molecule has 2 N–H and O–H groups in total. The molecule has 128 valence electrons. The smallest absolute Gasteiger partial charge is 0.243 e. The maximum absolute atomic E-state index is 12.9. The third-order valence-corrected chi connectivity index (χ3v) is 5.86. The molecular weight excluding hydrogens is 342 g/mol. The number of hydrogen-bond donors (Lipinski definition) is 1. The molecule has 1 aliphatic heterocycles. The molecule has 4 rings (SSSR count). The Kier molecular flexibility index (Phi) is 3.55. The van der Waals surface area contributed by atoms with Crippen molar-refractivity contribution >= 4 is 16.0 Å². The minimum absolute atomic E-state index is 0.144. The lowest BCUT2D eigenvalue weighted by Gasteiger charge is -2.15. The van der Waals surface area contributed by atoms with E-state index in [0.29, 0.717) is 17.3 Å². The number of nitrogens with two attached hydrogens (primary N) is 1. The van der Waals surface area contributed by atoms with Gasteiger partial charge in [-0.3, -0.25) is 0 Å². The summed E-state index contributed by atoms with van der Waals surface area (Å²) in [6.45, 7) is 2.18. The Morgan fingerprint density at radius 1 is 1.16 bits per heavy atom. The summed E-state index contributed by atoms with van der Waals surface area (Å²) in [5.74, 6) is 0.701. The van der Waals surface area contributed by atoms with Crippen molar-refractivity contribution in [1.29, 1.82) is 0 Å². The minimum atomic E-state index is -3.63. The molecule has 0 spiro atoms. The summed E-state index contributed by atoms with van der Waals surface area (Å²) >= 11 is 0. The summed E-state index contributed by atoms with van der Waals surface area (Å²) in [6, 6.07) is 6.56. The van der Waals surface area contributed by atoms with Crippen LogP contribution >= 0.6 is 0 Å². The largest absolute Gasteiger partial charge is 0.449 e. The van der Waals surface area contributed by atoms with Gasteiger partial charge in [-0.15, -0.1) is 0 Å². The van der Waals surface area contributed by atoms with Crippen molar-refractivity contribution in [3.05, 3.63) is 53.9 Å². The molecule has 25 heavy (non-hydrogen) atoms. The van der Waals surface area contributed by atoms with E-state index in [-0.39, 0.29) is 23.9 Å². The van der Waals surface area contributed by atoms with Crippen LogP contribution in [0.15, 0.2) is 46.0 Å². The molecular formula is C16H15N5O3S. The van der Waals surface area contributed by atoms with Gasteiger partial charge in [0.15, 0.2) is 5.89 Å². The van der Waals surface area contributed by atoms with Gasteiger partial charge in [0.05, 0.1) is 17.1 Å². The number of aryl methyl sites for hydroxylation is 1. The standard InChI is InChI=1S/C16H15N5O3S/c1-10-19-15(9-24-10)11-2-4-13(5-3-11)25(22,23)21-7-12-6-18-16(17)20-14(12)8-21/h2-6,9H,7-8H2,1H3,(H2,17,18,20). The van der Waals surface area contributed by atoms with Gasteiger partial charge < -0.3 is 10.2 Å². The van der Waals surface area contributed by atoms with Crippen LogP contribution in [0, 0.1) is 6.92 Å². The van der Waals surface area contributed by atoms with E-state index in [0.717, 1.165) is 11.1 Å². The van der Waals surface area contributed by atoms with E-state index in [2.05, 4.69) is 15.0 Å². The molecule has 0 amide bonds. The van der Waals surface area contributed by atoms with Crippen LogP contribution in [0.1, 0.15) is 17.1 Å². The summed E-state index contributed by atoms with van der Waals surface area (Å²) in [4.78, 5) is 12.5. The Labute approximate surface area is 144 Å². The molecule has 1 aromatic carbocycles. The lowest BCUT2D eigenvalue weighted by atomic mass is 10.2. The zero-order chi connectivity index (χ0) is 17.6. The quantitative estimate of drug-likeness (QED) is 0.759. The number of nitrogen functional groups attached to an aromatic ring is 1. The van der Waals surface area contributed by atoms with Crippen molar-refractivity contribution in [3.63, 3.8) is 0 Å². The molecule has 0 radical (unpaired) electrons. The number of nitrogens with zero attached hydrogens (tertiary/aromatic N) is 4. The predicted molar refractivity (Wildman–Crippen MR) is 89.6 cm³/mol. The number of fused-ring (bicyclic) bond motifs is 1. The molecule has 0 aliphatic carbocycles. The fraction of sp³-hybridized carbons (Fsp3) is 0.188. The van der Waals surface area contributed by atoms with Crippen molar-refractivity contribution in [3.8, 4) is 11.3 Å². The van der Waals surface area contributed by atoms with E-state index in [4.69, 9.17) is 10.2 Å². The van der Waals surface area contributed by atoms with Gasteiger partial charge in [0.2, 0.25) is 16.0 Å². The topological polar surface area (TPSA) is 115 Å². The minimum Gasteiger partial charge on any atom is -0.449 e. The van der Waals surface area contributed by atoms with E-state index in [1.165, 1.54) is 4.31 Å². The number of benzene rings is 1. The monoisotopic (exact) mass is 357 g/mol. The normalized spacial score (nSPS) is 14.6. The van der Waals surface area contributed by atoms with Crippen LogP contribution in [0.2, 0.25) is 0 Å². The van der Waals surface area contributed by atoms with Crippen LogP contribution < -0.4 is 5.73 Å². The number of hydrogen-bond acceptors (Lipinski definition) is 7. The first kappa shape index (κ1) is 15.7. The maximum atomic E-state index is 12.9. The SMILES string of the molecule is Cc1nc(-c2ccc(S(=O)(=O)N3Cc4cnc(N)nc4C3)cc2)co1. The lowest BCUT2D eigenvalue weighted by Crippen LogP contribution is -2.25. The second-order valence-electron chi connectivity index (χ2n) is 5.75. The Balaban J connectivity index is 1.61. The van der Waals surface area contributed by atoms with E-state index < -0.39 is 10.0 Å². The number of aromatic nitrogens is 3. The summed E-state index contributed by atoms with van der Waals surface area (Å²) in [5, 5.41) is 0. The average molecular weight is 357 g/mol. The van der Waals surface area contributed by atoms with Crippen LogP contribution in [0.3, 0.4) is 0 Å². The number of anilines is 1. The van der Waals surface area contributed by atoms with Crippen LogP contribution in [0.4, 0.5) is 5.95 Å². The fourth-order valence-electron chi connectivity index (χ4n) is 2.75. The Hall–Kier alpha value is -2.78. The second-order valence-corrected chi connectivity index (χ2v) is 7.69. The summed E-state index contributed by atoms with van der Waals surface area (Å²) in [6.07, 6.45) is 3.11. The Morgan fingerprint density at radius 2 is 1.92 bits per heavy atom. The van der Waals surface area contributed by atoms with Crippen molar-refractivity contribution in [2.75, 3.05) is 5.73 Å². The van der Waals surface area contributed by atoms with Gasteiger partial charge in [-0.2, -0.15) is 4.31 Å². The molecule has 3 heterocycles. The highest BCUT2D eigenvalue weighted by atomic mass is 32.2. The van der Waals surface area contributed by atoms with Crippen LogP contribution in [-0.2, 0) is 23.1 Å². The molecule has 0 bridgehead atoms. The van der Waals surface area contributed by atoms with Crippen LogP contribution in [-0.4, -0.2) is 27.7 Å². The van der Waals surface area contributed by atoms with Gasteiger partial charge >= 0.3 is 0 Å². The van der Waals surface area contributed by atoms with Gasteiger partial charge in [-0.1, -0.05) is 12.1 Å². The Bertz CT molecular complexity index is 1040. The van der Waals surface area contributed by atoms with Gasteiger partial charge in [-0.05, 0) is 12.1 Å². The molecule has 2 aromatic heterocycles. The van der Waals surface area contributed by atoms with Crippen LogP contribution in [0.25, 0.3) is 11.3 Å². The average Bonchev–Trinajstić information content (AvgIpc) is 3.21. The molecule has 3 aromatic rings. The van der Waals surface area contributed by atoms with Crippen molar-refractivity contribution in [2.45, 2.75) is 24.9 Å². The molecule has 9 heteroatoms. The molecule has 0 saturated heterocycles. The molecule has 0 atom stereocenters. The molecule has 0 fully saturated rings. The predicted octanol–water partition coefficient (Wildman–Crippen LogP) is 1.73. The molecule has 8 nitrogen and oxygen atoms in total. The zero-order valence-corrected chi connectivity index (χ0v) is 14.2. The number of rotatable bonds is 3. The summed E-state index contributed by atoms with van der Waals surface area (Å²) in [5.41, 5.74) is 8.44. The highest BCUT2D eigenvalue weighted by Gasteiger charge is 2.31. The van der Waals surface area contributed by atoms with E-state index in [9.17, 15) is 8.42 Å². The summed E-state index contributed by atoms with van der Waals surface area (Å²) in [7, 11) is -3.63. The first-order valence-electron chi connectivity index (χ1n) is 7.56. The van der Waals surface area contributed by atoms with E-state index in [1.54, 1.807) is 43.6 Å². The van der Waals surface area contributed by atoms with Crippen LogP contribution in [0.5, 0.6) is 0 Å². The van der Waals surface area contributed by atoms with E-state index in [1.807, 2.05) is 0 Å². The lowest BCUT2D eigenvalue weighted by molar-refractivity contribution is 0.430. The molecule has 0 unspecified atom stereocenters.